The lowest BCUT2D eigenvalue weighted by molar-refractivity contribution is 0.0429. The van der Waals surface area contributed by atoms with E-state index in [1.165, 1.54) is 11.3 Å². The summed E-state index contributed by atoms with van der Waals surface area (Å²) in [4.78, 5) is 37.6. The number of imide groups is 1. The number of ether oxygens (including phenoxy) is 2. The highest BCUT2D eigenvalue weighted by Gasteiger charge is 2.35. The van der Waals surface area contributed by atoms with Crippen molar-refractivity contribution in [3.8, 4) is 11.6 Å². The number of anilines is 1. The summed E-state index contributed by atoms with van der Waals surface area (Å²) < 4.78 is 16.4. The molecule has 32 heavy (non-hydrogen) atoms. The maximum absolute atomic E-state index is 13.2. The van der Waals surface area contributed by atoms with Crippen LogP contribution in [0.25, 0.3) is 21.8 Å². The minimum absolute atomic E-state index is 0.0319. The van der Waals surface area contributed by atoms with Gasteiger partial charge in [0, 0.05) is 10.2 Å². The van der Waals surface area contributed by atoms with E-state index in [9.17, 15) is 9.59 Å². The number of furan rings is 1. The number of thiophene rings is 1. The van der Waals surface area contributed by atoms with E-state index >= 15 is 0 Å². The molecule has 8 nitrogen and oxygen atoms in total. The maximum Gasteiger partial charge on any atom is 0.425 e. The fourth-order valence-electron chi connectivity index (χ4n) is 2.60. The number of hydrogen-bond acceptors (Lipinski definition) is 8. The van der Waals surface area contributed by atoms with Gasteiger partial charge in [-0.3, -0.25) is 0 Å². The van der Waals surface area contributed by atoms with E-state index in [2.05, 4.69) is 25.9 Å². The van der Waals surface area contributed by atoms with Gasteiger partial charge in [0.05, 0.1) is 5.39 Å². The van der Waals surface area contributed by atoms with Gasteiger partial charge in [-0.1, -0.05) is 15.9 Å². The van der Waals surface area contributed by atoms with Gasteiger partial charge in [-0.2, -0.15) is 4.90 Å². The number of amides is 2. The van der Waals surface area contributed by atoms with Crippen molar-refractivity contribution in [2.24, 2.45) is 0 Å². The Labute approximate surface area is 203 Å². The Morgan fingerprint density at radius 3 is 2.16 bits per heavy atom. The number of fused-ring (bicyclic) bond motifs is 1. The second kappa shape index (κ2) is 8.99. The second-order valence-electron chi connectivity index (χ2n) is 8.84. The molecule has 0 bridgehead atoms. The van der Waals surface area contributed by atoms with Crippen molar-refractivity contribution in [3.63, 3.8) is 0 Å². The largest absolute Gasteiger partial charge is 0.443 e. The van der Waals surface area contributed by atoms with E-state index in [1.807, 2.05) is 6.07 Å². The summed E-state index contributed by atoms with van der Waals surface area (Å²) in [5, 5.41) is 1.23. The summed E-state index contributed by atoms with van der Waals surface area (Å²) in [6, 6.07) is 4.98. The standard InChI is InChI=1S/C21H23BrClN3O5S/c1-20(2,3)30-18(27)26(19(28)31-21(4,5)6)16-12-9-11(10-22)32-17(12)25-15(24-16)13-7-8-14(23)29-13/h7-9H,10H2,1-6H3. The highest BCUT2D eigenvalue weighted by molar-refractivity contribution is 9.08. The molecule has 3 aromatic heterocycles. The average molecular weight is 545 g/mol. The van der Waals surface area contributed by atoms with Crippen LogP contribution in [0.2, 0.25) is 5.22 Å². The number of halogens is 2. The molecule has 0 aromatic carbocycles. The SMILES string of the molecule is CC(C)(C)OC(=O)N(C(=O)OC(C)(C)C)c1nc(-c2ccc(Cl)o2)nc2sc(CBr)cc12. The van der Waals surface area contributed by atoms with Crippen LogP contribution in [0.3, 0.4) is 0 Å². The molecule has 0 N–H and O–H groups in total. The third-order valence-electron chi connectivity index (χ3n) is 3.71. The minimum Gasteiger partial charge on any atom is -0.443 e. The van der Waals surface area contributed by atoms with E-state index in [-0.39, 0.29) is 16.9 Å². The summed E-state index contributed by atoms with van der Waals surface area (Å²) in [5.74, 6) is 0.490. The van der Waals surface area contributed by atoms with Crippen LogP contribution in [0.4, 0.5) is 15.4 Å². The summed E-state index contributed by atoms with van der Waals surface area (Å²) >= 11 is 10.7. The van der Waals surface area contributed by atoms with Gasteiger partial charge in [0.1, 0.15) is 16.0 Å². The Morgan fingerprint density at radius 2 is 1.69 bits per heavy atom. The summed E-state index contributed by atoms with van der Waals surface area (Å²) in [6.07, 6.45) is -1.83. The molecule has 0 unspecified atom stereocenters. The van der Waals surface area contributed by atoms with Crippen LogP contribution in [0.5, 0.6) is 0 Å². The topological polar surface area (TPSA) is 94.8 Å². The smallest absolute Gasteiger partial charge is 0.425 e. The quantitative estimate of drug-likeness (QED) is 0.322. The maximum atomic E-state index is 13.2. The van der Waals surface area contributed by atoms with Crippen molar-refractivity contribution in [1.82, 2.24) is 9.97 Å². The third kappa shape index (κ3) is 5.79. The Hall–Kier alpha value is -2.17. The zero-order valence-electron chi connectivity index (χ0n) is 18.5. The zero-order valence-corrected chi connectivity index (χ0v) is 21.6. The molecule has 172 valence electrons. The van der Waals surface area contributed by atoms with Gasteiger partial charge in [0.2, 0.25) is 0 Å². The van der Waals surface area contributed by atoms with Crippen LogP contribution in [0, 0.1) is 0 Å². The fourth-order valence-corrected chi connectivity index (χ4v) is 4.12. The monoisotopic (exact) mass is 543 g/mol. The average Bonchev–Trinajstić information content (AvgIpc) is 3.24. The molecule has 3 aromatic rings. The third-order valence-corrected chi connectivity index (χ3v) is 5.92. The molecular weight excluding hydrogens is 522 g/mol. The van der Waals surface area contributed by atoms with Crippen LogP contribution >= 0.6 is 38.9 Å². The Kier molecular flexibility index (Phi) is 6.88. The first-order valence-corrected chi connectivity index (χ1v) is 12.0. The first-order chi connectivity index (χ1) is 14.8. The number of nitrogens with zero attached hydrogens (tertiary/aromatic N) is 3. The van der Waals surface area contributed by atoms with Crippen LogP contribution in [0.15, 0.2) is 22.6 Å². The van der Waals surface area contributed by atoms with E-state index in [0.717, 1.165) is 9.78 Å². The predicted octanol–water partition coefficient (Wildman–Crippen LogP) is 7.18. The molecular formula is C21H23BrClN3O5S. The Morgan fingerprint density at radius 1 is 1.09 bits per heavy atom. The highest BCUT2D eigenvalue weighted by Crippen LogP contribution is 2.36. The van der Waals surface area contributed by atoms with Crippen LogP contribution in [-0.4, -0.2) is 33.4 Å². The molecule has 0 saturated carbocycles. The lowest BCUT2D eigenvalue weighted by Gasteiger charge is -2.28. The summed E-state index contributed by atoms with van der Waals surface area (Å²) in [5.41, 5.74) is -1.70. The van der Waals surface area contributed by atoms with Crippen molar-refractivity contribution in [1.29, 1.82) is 0 Å². The molecule has 0 saturated heterocycles. The zero-order chi connectivity index (χ0) is 23.8. The molecule has 0 radical (unpaired) electrons. The highest BCUT2D eigenvalue weighted by atomic mass is 79.9. The van der Waals surface area contributed by atoms with Gasteiger partial charge in [-0.25, -0.2) is 19.6 Å². The van der Waals surface area contributed by atoms with Crippen molar-refractivity contribution in [3.05, 3.63) is 28.3 Å². The second-order valence-corrected chi connectivity index (χ2v) is 10.9. The number of aromatic nitrogens is 2. The van der Waals surface area contributed by atoms with Crippen molar-refractivity contribution < 1.29 is 23.5 Å². The normalized spacial score (nSPS) is 12.1. The van der Waals surface area contributed by atoms with Gasteiger partial charge in [0.25, 0.3) is 0 Å². The van der Waals surface area contributed by atoms with Crippen molar-refractivity contribution in [2.45, 2.75) is 58.1 Å². The number of rotatable bonds is 3. The van der Waals surface area contributed by atoms with Gasteiger partial charge < -0.3 is 13.9 Å². The number of carbonyl (C=O) groups is 2. The molecule has 0 fully saturated rings. The molecule has 11 heteroatoms. The van der Waals surface area contributed by atoms with Gasteiger partial charge in [0.15, 0.2) is 22.6 Å². The fraction of sp³-hybridized carbons (Fsp3) is 0.429. The molecule has 0 atom stereocenters. The van der Waals surface area contributed by atoms with Gasteiger partial charge in [-0.15, -0.1) is 11.3 Å². The molecule has 3 rings (SSSR count). The molecule has 0 aliphatic carbocycles. The van der Waals surface area contributed by atoms with Crippen LogP contribution in [0.1, 0.15) is 46.4 Å². The lowest BCUT2D eigenvalue weighted by Crippen LogP contribution is -2.44. The summed E-state index contributed by atoms with van der Waals surface area (Å²) in [6.45, 7) is 10.2. The predicted molar refractivity (Wildman–Crippen MR) is 128 cm³/mol. The molecule has 2 amide bonds. The molecule has 0 aliphatic heterocycles. The van der Waals surface area contributed by atoms with Crippen LogP contribution < -0.4 is 4.90 Å². The Bertz CT molecular complexity index is 1130. The first-order valence-electron chi connectivity index (χ1n) is 9.65. The van der Waals surface area contributed by atoms with Crippen molar-refractivity contribution in [2.75, 3.05) is 4.90 Å². The van der Waals surface area contributed by atoms with Gasteiger partial charge in [-0.05, 0) is 71.3 Å². The number of carbonyl (C=O) groups excluding carboxylic acids is 2. The summed E-state index contributed by atoms with van der Waals surface area (Å²) in [7, 11) is 0. The van der Waals surface area contributed by atoms with Gasteiger partial charge >= 0.3 is 12.2 Å². The van der Waals surface area contributed by atoms with E-state index in [4.69, 9.17) is 25.5 Å². The van der Waals surface area contributed by atoms with Crippen LogP contribution in [-0.2, 0) is 14.8 Å². The lowest BCUT2D eigenvalue weighted by atomic mass is 10.2. The molecule has 3 heterocycles. The first kappa shape index (κ1) is 24.5. The molecule has 0 spiro atoms. The number of hydrogen-bond donors (Lipinski definition) is 0. The van der Waals surface area contributed by atoms with E-state index in [0.29, 0.717) is 21.3 Å². The van der Waals surface area contributed by atoms with Crippen molar-refractivity contribution >= 4 is 67.1 Å². The van der Waals surface area contributed by atoms with E-state index < -0.39 is 23.4 Å². The number of alkyl halides is 1. The molecule has 0 aliphatic rings. The Balaban J connectivity index is 2.24. The minimum atomic E-state index is -0.915. The van der Waals surface area contributed by atoms with E-state index in [1.54, 1.807) is 53.7 Å².